The molecule has 3 rings (SSSR count). The van der Waals surface area contributed by atoms with Crippen molar-refractivity contribution < 1.29 is 15.3 Å². The number of piperidine rings is 1. The van der Waals surface area contributed by atoms with E-state index >= 15 is 0 Å². The molecule has 0 aliphatic carbocycles. The molecule has 2 aromatic rings. The summed E-state index contributed by atoms with van der Waals surface area (Å²) in [6, 6.07) is 4.90. The molecule has 6 nitrogen and oxygen atoms in total. The molecule has 1 aliphatic rings. The van der Waals surface area contributed by atoms with Crippen molar-refractivity contribution in [2.75, 3.05) is 18.0 Å². The van der Waals surface area contributed by atoms with Gasteiger partial charge in [0.25, 0.3) is 0 Å². The van der Waals surface area contributed by atoms with Crippen LogP contribution in [0, 0.1) is 22.9 Å². The minimum Gasteiger partial charge on any atom is -0.630 e. The molecule has 0 atom stereocenters. The molecular weight excluding hydrogens is 323 g/mol. The predicted molar refractivity (Wildman–Crippen MR) is 93.4 cm³/mol. The highest BCUT2D eigenvalue weighted by atomic mass is 19.1. The number of nitrogens with zero attached hydrogens (tertiary/aromatic N) is 3. The van der Waals surface area contributed by atoms with E-state index in [9.17, 15) is 9.60 Å². The molecule has 1 saturated heterocycles. The number of allylic oxidation sites excluding steroid dienone is 1. The summed E-state index contributed by atoms with van der Waals surface area (Å²) in [5.74, 6) is 6.21. The van der Waals surface area contributed by atoms with Gasteiger partial charge in [0.15, 0.2) is 11.5 Å². The Bertz CT molecular complexity index is 804. The van der Waals surface area contributed by atoms with Crippen LogP contribution in [0.5, 0.6) is 0 Å². The lowest BCUT2D eigenvalue weighted by Gasteiger charge is -2.29. The number of hydrogen-bond donors (Lipinski definition) is 1. The summed E-state index contributed by atoms with van der Waals surface area (Å²) < 4.78 is 13.0. The first kappa shape index (κ1) is 18.5. The number of halogens is 1. The van der Waals surface area contributed by atoms with Crippen LogP contribution in [-0.4, -0.2) is 28.5 Å². The topological polar surface area (TPSA) is 100 Å². The summed E-state index contributed by atoms with van der Waals surface area (Å²) in [6.07, 6.45) is 8.02. The maximum Gasteiger partial charge on any atom is 0.191 e. The zero-order chi connectivity index (χ0) is 16.8. The van der Waals surface area contributed by atoms with Crippen LogP contribution in [0.1, 0.15) is 18.4 Å². The summed E-state index contributed by atoms with van der Waals surface area (Å²) in [5.41, 5.74) is 3.26. The van der Waals surface area contributed by atoms with E-state index in [1.807, 2.05) is 6.08 Å². The largest absolute Gasteiger partial charge is 0.630 e. The number of quaternary nitrogens is 1. The van der Waals surface area contributed by atoms with Gasteiger partial charge in [-0.2, -0.15) is 0 Å². The third-order valence-electron chi connectivity index (χ3n) is 3.85. The standard InChI is InChI=1S/C18H17FN4O.H2O/c19-16-11-15(12-20-13-16)4-1-3-14-6-9-23(10-7-14)18-17(22-24)5-2-8-21-18;/h2-3,5,8,11-13H,6-7,9-10,22H2;1H2. The van der Waals surface area contributed by atoms with Crippen LogP contribution >= 0.6 is 0 Å². The fourth-order valence-electron chi connectivity index (χ4n) is 2.62. The van der Waals surface area contributed by atoms with Gasteiger partial charge in [0, 0.05) is 37.1 Å². The van der Waals surface area contributed by atoms with Crippen molar-refractivity contribution >= 4 is 11.5 Å². The van der Waals surface area contributed by atoms with Crippen LogP contribution in [0.3, 0.4) is 0 Å². The Morgan fingerprint density at radius 1 is 1.28 bits per heavy atom. The highest BCUT2D eigenvalue weighted by molar-refractivity contribution is 5.57. The Labute approximate surface area is 145 Å². The first-order valence-corrected chi connectivity index (χ1v) is 7.71. The average molecular weight is 342 g/mol. The van der Waals surface area contributed by atoms with Gasteiger partial charge in [-0.05, 0) is 31.1 Å². The molecule has 2 aromatic heterocycles. The molecule has 130 valence electrons. The van der Waals surface area contributed by atoms with Crippen LogP contribution < -0.4 is 10.4 Å². The number of aromatic nitrogens is 2. The normalized spacial score (nSPS) is 13.5. The van der Waals surface area contributed by atoms with Gasteiger partial charge < -0.3 is 21.1 Å². The van der Waals surface area contributed by atoms with Crippen molar-refractivity contribution in [3.05, 3.63) is 65.0 Å². The van der Waals surface area contributed by atoms with E-state index in [1.54, 1.807) is 24.5 Å². The average Bonchev–Trinajstić information content (AvgIpc) is 2.62. The molecule has 0 aromatic carbocycles. The third-order valence-corrected chi connectivity index (χ3v) is 3.85. The Kier molecular flexibility index (Phi) is 6.60. The minimum absolute atomic E-state index is 0. The SMILES string of the molecule is O.[O-][NH2+]c1cccnc1N1CCC(=CC#Cc2cncc(F)c2)CC1. The molecule has 1 aliphatic heterocycles. The molecule has 25 heavy (non-hydrogen) atoms. The van der Waals surface area contributed by atoms with Crippen molar-refractivity contribution in [3.63, 3.8) is 0 Å². The van der Waals surface area contributed by atoms with Crippen molar-refractivity contribution in [1.29, 1.82) is 0 Å². The molecule has 0 unspecified atom stereocenters. The van der Waals surface area contributed by atoms with Gasteiger partial charge in [-0.1, -0.05) is 17.4 Å². The lowest BCUT2D eigenvalue weighted by molar-refractivity contribution is -0.496. The van der Waals surface area contributed by atoms with Gasteiger partial charge >= 0.3 is 0 Å². The highest BCUT2D eigenvalue weighted by Gasteiger charge is 2.18. The summed E-state index contributed by atoms with van der Waals surface area (Å²) in [7, 11) is 0. The minimum atomic E-state index is -0.385. The Balaban J connectivity index is 0.00000225. The van der Waals surface area contributed by atoms with Crippen LogP contribution in [0.2, 0.25) is 0 Å². The second-order valence-electron chi connectivity index (χ2n) is 5.48. The van der Waals surface area contributed by atoms with Crippen molar-refractivity contribution in [2.24, 2.45) is 0 Å². The smallest absolute Gasteiger partial charge is 0.191 e. The zero-order valence-corrected chi connectivity index (χ0v) is 13.6. The molecule has 0 amide bonds. The first-order chi connectivity index (χ1) is 11.8. The molecule has 7 heteroatoms. The Morgan fingerprint density at radius 2 is 2.08 bits per heavy atom. The van der Waals surface area contributed by atoms with E-state index in [0.717, 1.165) is 43.4 Å². The van der Waals surface area contributed by atoms with Crippen molar-refractivity contribution in [2.45, 2.75) is 12.8 Å². The Morgan fingerprint density at radius 3 is 2.80 bits per heavy atom. The summed E-state index contributed by atoms with van der Waals surface area (Å²) >= 11 is 0. The van der Waals surface area contributed by atoms with Gasteiger partial charge in [-0.25, -0.2) is 9.37 Å². The van der Waals surface area contributed by atoms with Crippen LogP contribution in [-0.2, 0) is 0 Å². The van der Waals surface area contributed by atoms with E-state index < -0.39 is 0 Å². The predicted octanol–water partition coefficient (Wildman–Crippen LogP) is 1.06. The maximum absolute atomic E-state index is 13.0. The number of pyridine rings is 2. The molecule has 0 bridgehead atoms. The lowest BCUT2D eigenvalue weighted by atomic mass is 10.0. The summed E-state index contributed by atoms with van der Waals surface area (Å²) in [6.45, 7) is 1.60. The van der Waals surface area contributed by atoms with Crippen molar-refractivity contribution in [1.82, 2.24) is 9.97 Å². The van der Waals surface area contributed by atoms with Gasteiger partial charge in [0.1, 0.15) is 5.82 Å². The number of nitrogens with two attached hydrogens (primary N) is 1. The Hall–Kier alpha value is -2.79. The molecular formula is C18H19FN4O2. The van der Waals surface area contributed by atoms with E-state index in [-0.39, 0.29) is 11.3 Å². The first-order valence-electron chi connectivity index (χ1n) is 7.71. The number of rotatable bonds is 2. The van der Waals surface area contributed by atoms with E-state index in [2.05, 4.69) is 26.7 Å². The van der Waals surface area contributed by atoms with Gasteiger partial charge in [0.2, 0.25) is 0 Å². The van der Waals surface area contributed by atoms with Crippen molar-refractivity contribution in [3.8, 4) is 11.8 Å². The zero-order valence-electron chi connectivity index (χ0n) is 13.6. The van der Waals surface area contributed by atoms with Crippen LogP contribution in [0.4, 0.5) is 15.9 Å². The summed E-state index contributed by atoms with van der Waals surface area (Å²) in [5, 5.41) is 11.1. The molecule has 4 N–H and O–H groups in total. The van der Waals surface area contributed by atoms with Crippen LogP contribution in [0.25, 0.3) is 0 Å². The van der Waals surface area contributed by atoms with E-state index in [4.69, 9.17) is 0 Å². The fourth-order valence-corrected chi connectivity index (χ4v) is 2.62. The van der Waals surface area contributed by atoms with Gasteiger partial charge in [-0.3, -0.25) is 4.98 Å². The maximum atomic E-state index is 13.0. The van der Waals surface area contributed by atoms with E-state index in [1.165, 1.54) is 11.6 Å². The fraction of sp³-hybridized carbons (Fsp3) is 0.222. The van der Waals surface area contributed by atoms with E-state index in [0.29, 0.717) is 11.3 Å². The molecule has 0 spiro atoms. The molecule has 1 fully saturated rings. The monoisotopic (exact) mass is 342 g/mol. The molecule has 0 saturated carbocycles. The van der Waals surface area contributed by atoms with Crippen LogP contribution in [0.15, 0.2) is 48.4 Å². The summed E-state index contributed by atoms with van der Waals surface area (Å²) in [4.78, 5) is 10.2. The second-order valence-corrected chi connectivity index (χ2v) is 5.48. The lowest BCUT2D eigenvalue weighted by Crippen LogP contribution is -2.70. The van der Waals surface area contributed by atoms with Gasteiger partial charge in [-0.15, -0.1) is 0 Å². The second kappa shape index (κ2) is 8.89. The van der Waals surface area contributed by atoms with Gasteiger partial charge in [0.05, 0.1) is 6.20 Å². The molecule has 3 heterocycles. The number of hydrogen-bond acceptors (Lipinski definition) is 4. The molecule has 0 radical (unpaired) electrons. The quantitative estimate of drug-likeness (QED) is 0.651. The highest BCUT2D eigenvalue weighted by Crippen LogP contribution is 2.24. The third kappa shape index (κ3) is 4.84. The number of anilines is 1.